The Morgan fingerprint density at radius 3 is 2.88 bits per heavy atom. The molecule has 2 aromatic heterocycles. The van der Waals surface area contributed by atoms with Gasteiger partial charge in [-0.2, -0.15) is 5.10 Å². The molecule has 2 N–H and O–H groups in total. The maximum atomic E-state index is 5.80. The Morgan fingerprint density at radius 2 is 2.06 bits per heavy atom. The van der Waals surface area contributed by atoms with Crippen LogP contribution < -0.4 is 5.73 Å². The molecule has 1 aromatic carbocycles. The minimum atomic E-state index is 0.729. The summed E-state index contributed by atoms with van der Waals surface area (Å²) in [6.45, 7) is 2.03. The molecule has 2 heterocycles. The first kappa shape index (κ1) is 9.84. The molecule has 3 rings (SSSR count). The standard InChI is InChI=1S/C13H12N4/c1-9-4-5-15-13(6-9)17-12-7-11(14)3-2-10(12)8-16-17/h2-8H,14H2,1H3. The molecule has 84 valence electrons. The van der Waals surface area contributed by atoms with Crippen LogP contribution in [0, 0.1) is 6.92 Å². The van der Waals surface area contributed by atoms with E-state index in [1.165, 1.54) is 0 Å². The van der Waals surface area contributed by atoms with Crippen molar-refractivity contribution < 1.29 is 0 Å². The number of nitrogens with two attached hydrogens (primary N) is 1. The molecule has 0 fully saturated rings. The molecular formula is C13H12N4. The van der Waals surface area contributed by atoms with Gasteiger partial charge in [-0.05, 0) is 42.8 Å². The van der Waals surface area contributed by atoms with Crippen LogP contribution in [0.5, 0.6) is 0 Å². The first-order chi connectivity index (χ1) is 8.24. The van der Waals surface area contributed by atoms with Gasteiger partial charge in [-0.1, -0.05) is 0 Å². The first-order valence-corrected chi connectivity index (χ1v) is 5.40. The van der Waals surface area contributed by atoms with E-state index >= 15 is 0 Å². The summed E-state index contributed by atoms with van der Waals surface area (Å²) in [5.41, 5.74) is 8.66. The van der Waals surface area contributed by atoms with Crippen molar-refractivity contribution in [3.63, 3.8) is 0 Å². The molecule has 0 bridgehead atoms. The molecule has 3 aromatic rings. The third kappa shape index (κ3) is 1.63. The Kier molecular flexibility index (Phi) is 2.08. The lowest BCUT2D eigenvalue weighted by Gasteiger charge is -2.03. The minimum Gasteiger partial charge on any atom is -0.399 e. The Labute approximate surface area is 98.7 Å². The fourth-order valence-corrected chi connectivity index (χ4v) is 1.85. The summed E-state index contributed by atoms with van der Waals surface area (Å²) in [5, 5.41) is 5.40. The third-order valence-electron chi connectivity index (χ3n) is 2.71. The molecule has 0 unspecified atom stereocenters. The lowest BCUT2D eigenvalue weighted by Crippen LogP contribution is -1.99. The number of rotatable bonds is 1. The highest BCUT2D eigenvalue weighted by Crippen LogP contribution is 2.19. The lowest BCUT2D eigenvalue weighted by atomic mass is 10.2. The third-order valence-corrected chi connectivity index (χ3v) is 2.71. The summed E-state index contributed by atoms with van der Waals surface area (Å²) in [6, 6.07) is 9.70. The molecule has 0 aliphatic rings. The highest BCUT2D eigenvalue weighted by atomic mass is 15.3. The number of aromatic nitrogens is 3. The van der Waals surface area contributed by atoms with E-state index in [2.05, 4.69) is 10.1 Å². The normalized spacial score (nSPS) is 10.9. The van der Waals surface area contributed by atoms with E-state index in [0.29, 0.717) is 0 Å². The van der Waals surface area contributed by atoms with Crippen molar-refractivity contribution in [3.8, 4) is 5.82 Å². The second-order valence-corrected chi connectivity index (χ2v) is 4.07. The quantitative estimate of drug-likeness (QED) is 0.645. The number of hydrogen-bond acceptors (Lipinski definition) is 3. The Morgan fingerprint density at radius 1 is 1.18 bits per heavy atom. The van der Waals surface area contributed by atoms with Crippen LogP contribution in [-0.2, 0) is 0 Å². The Hall–Kier alpha value is -2.36. The van der Waals surface area contributed by atoms with E-state index in [4.69, 9.17) is 5.73 Å². The molecule has 0 aliphatic carbocycles. The lowest BCUT2D eigenvalue weighted by molar-refractivity contribution is 0.872. The van der Waals surface area contributed by atoms with E-state index in [9.17, 15) is 0 Å². The van der Waals surface area contributed by atoms with Gasteiger partial charge in [0.25, 0.3) is 0 Å². The number of nitrogens with zero attached hydrogens (tertiary/aromatic N) is 3. The van der Waals surface area contributed by atoms with Gasteiger partial charge in [0.15, 0.2) is 5.82 Å². The predicted octanol–water partition coefficient (Wildman–Crippen LogP) is 2.31. The highest BCUT2D eigenvalue weighted by molar-refractivity contribution is 5.83. The molecule has 0 amide bonds. The van der Waals surface area contributed by atoms with Gasteiger partial charge in [-0.25, -0.2) is 9.67 Å². The van der Waals surface area contributed by atoms with Crippen molar-refractivity contribution in [1.29, 1.82) is 0 Å². The molecule has 0 saturated heterocycles. The van der Waals surface area contributed by atoms with Crippen molar-refractivity contribution >= 4 is 16.6 Å². The molecule has 17 heavy (non-hydrogen) atoms. The fourth-order valence-electron chi connectivity index (χ4n) is 1.85. The van der Waals surface area contributed by atoms with Crippen molar-refractivity contribution in [3.05, 3.63) is 48.3 Å². The number of fused-ring (bicyclic) bond motifs is 1. The number of aryl methyl sites for hydroxylation is 1. The summed E-state index contributed by atoms with van der Waals surface area (Å²) >= 11 is 0. The van der Waals surface area contributed by atoms with E-state index in [1.54, 1.807) is 10.9 Å². The van der Waals surface area contributed by atoms with Gasteiger partial charge in [0.1, 0.15) is 0 Å². The summed E-state index contributed by atoms with van der Waals surface area (Å²) in [6.07, 6.45) is 3.60. The van der Waals surface area contributed by atoms with Crippen LogP contribution in [0.3, 0.4) is 0 Å². The molecule has 0 radical (unpaired) electrons. The molecule has 0 saturated carbocycles. The molecule has 0 aliphatic heterocycles. The van der Waals surface area contributed by atoms with Gasteiger partial charge in [0, 0.05) is 17.3 Å². The number of nitrogen functional groups attached to an aromatic ring is 1. The largest absolute Gasteiger partial charge is 0.399 e. The van der Waals surface area contributed by atoms with E-state index < -0.39 is 0 Å². The van der Waals surface area contributed by atoms with Crippen LogP contribution in [0.15, 0.2) is 42.7 Å². The van der Waals surface area contributed by atoms with Crippen LogP contribution >= 0.6 is 0 Å². The number of hydrogen-bond donors (Lipinski definition) is 1. The Bertz CT molecular complexity index is 685. The first-order valence-electron chi connectivity index (χ1n) is 5.40. The number of benzene rings is 1. The molecule has 0 spiro atoms. The zero-order chi connectivity index (χ0) is 11.8. The second-order valence-electron chi connectivity index (χ2n) is 4.07. The maximum absolute atomic E-state index is 5.80. The molecule has 4 nitrogen and oxygen atoms in total. The topological polar surface area (TPSA) is 56.7 Å². The molecule has 4 heteroatoms. The SMILES string of the molecule is Cc1ccnc(-n2ncc3ccc(N)cc32)c1. The highest BCUT2D eigenvalue weighted by Gasteiger charge is 2.05. The van der Waals surface area contributed by atoms with Gasteiger partial charge in [-0.15, -0.1) is 0 Å². The van der Waals surface area contributed by atoms with Gasteiger partial charge < -0.3 is 5.73 Å². The van der Waals surface area contributed by atoms with Gasteiger partial charge in [-0.3, -0.25) is 0 Å². The van der Waals surface area contributed by atoms with Crippen molar-refractivity contribution in [2.75, 3.05) is 5.73 Å². The minimum absolute atomic E-state index is 0.729. The van der Waals surface area contributed by atoms with Crippen LogP contribution in [-0.4, -0.2) is 14.8 Å². The van der Waals surface area contributed by atoms with Crippen molar-refractivity contribution in [2.24, 2.45) is 0 Å². The monoisotopic (exact) mass is 224 g/mol. The zero-order valence-corrected chi connectivity index (χ0v) is 9.46. The summed E-state index contributed by atoms with van der Waals surface area (Å²) in [4.78, 5) is 4.32. The van der Waals surface area contributed by atoms with Crippen LogP contribution in [0.4, 0.5) is 5.69 Å². The summed E-state index contributed by atoms with van der Waals surface area (Å²) in [7, 11) is 0. The Balaban J connectivity index is 2.27. The van der Waals surface area contributed by atoms with Crippen LogP contribution in [0.25, 0.3) is 16.7 Å². The summed E-state index contributed by atoms with van der Waals surface area (Å²) < 4.78 is 1.80. The molecule has 0 atom stereocenters. The average molecular weight is 224 g/mol. The van der Waals surface area contributed by atoms with Crippen LogP contribution in [0.1, 0.15) is 5.56 Å². The second kappa shape index (κ2) is 3.59. The van der Waals surface area contributed by atoms with Crippen molar-refractivity contribution in [2.45, 2.75) is 6.92 Å². The van der Waals surface area contributed by atoms with E-state index in [-0.39, 0.29) is 0 Å². The number of anilines is 1. The smallest absolute Gasteiger partial charge is 0.154 e. The fraction of sp³-hybridized carbons (Fsp3) is 0.0769. The van der Waals surface area contributed by atoms with Gasteiger partial charge >= 0.3 is 0 Å². The van der Waals surface area contributed by atoms with Gasteiger partial charge in [0.2, 0.25) is 0 Å². The van der Waals surface area contributed by atoms with E-state index in [1.807, 2.05) is 43.5 Å². The molecular weight excluding hydrogens is 212 g/mol. The van der Waals surface area contributed by atoms with E-state index in [0.717, 1.165) is 28.0 Å². The van der Waals surface area contributed by atoms with Crippen molar-refractivity contribution in [1.82, 2.24) is 14.8 Å². The summed E-state index contributed by atoms with van der Waals surface area (Å²) in [5.74, 6) is 0.811. The maximum Gasteiger partial charge on any atom is 0.154 e. The van der Waals surface area contributed by atoms with Crippen LogP contribution in [0.2, 0.25) is 0 Å². The zero-order valence-electron chi connectivity index (χ0n) is 9.46. The predicted molar refractivity (Wildman–Crippen MR) is 68.0 cm³/mol. The average Bonchev–Trinajstić information content (AvgIpc) is 2.71. The number of pyridine rings is 1. The van der Waals surface area contributed by atoms with Gasteiger partial charge in [0.05, 0.1) is 11.7 Å².